The fraction of sp³-hybridized carbons (Fsp3) is 0.500. The number of aryl methyl sites for hydroxylation is 1. The normalized spacial score (nSPS) is 22.3. The Morgan fingerprint density at radius 2 is 1.97 bits per heavy atom. The highest BCUT2D eigenvalue weighted by Gasteiger charge is 2.38. The van der Waals surface area contributed by atoms with Gasteiger partial charge < -0.3 is 10.2 Å². The van der Waals surface area contributed by atoms with Crippen molar-refractivity contribution in [3.63, 3.8) is 0 Å². The molecule has 3 aromatic rings. The van der Waals surface area contributed by atoms with Gasteiger partial charge in [0.2, 0.25) is 0 Å². The van der Waals surface area contributed by atoms with Gasteiger partial charge in [0.1, 0.15) is 16.9 Å². The molecule has 0 bridgehead atoms. The SMILES string of the molecule is C[C@H]1CN(c2ccnc3c2CCN3C(=O)Nc2ccc3nn(C)nc3c2)CCC(S)C1(C)C. The number of rotatable bonds is 2. The van der Waals surface area contributed by atoms with E-state index in [4.69, 9.17) is 12.6 Å². The number of nitrogens with one attached hydrogen (secondary N) is 1. The Balaban J connectivity index is 1.37. The molecule has 174 valence electrons. The zero-order valence-electron chi connectivity index (χ0n) is 19.6. The van der Waals surface area contributed by atoms with Gasteiger partial charge in [0.15, 0.2) is 0 Å². The zero-order chi connectivity index (χ0) is 23.3. The average molecular weight is 466 g/mol. The van der Waals surface area contributed by atoms with E-state index in [0.29, 0.717) is 23.4 Å². The number of pyridine rings is 1. The van der Waals surface area contributed by atoms with Gasteiger partial charge in [0.05, 0.1) is 0 Å². The Kier molecular flexibility index (Phi) is 5.47. The topological polar surface area (TPSA) is 79.2 Å². The lowest BCUT2D eigenvalue weighted by Gasteiger charge is -2.35. The smallest absolute Gasteiger partial charge is 0.327 e. The largest absolute Gasteiger partial charge is 0.371 e. The first kappa shape index (κ1) is 22.0. The van der Waals surface area contributed by atoms with Crippen molar-refractivity contribution < 1.29 is 4.79 Å². The number of urea groups is 1. The van der Waals surface area contributed by atoms with E-state index < -0.39 is 0 Å². The van der Waals surface area contributed by atoms with Crippen molar-refractivity contribution in [1.82, 2.24) is 20.0 Å². The molecular weight excluding hydrogens is 434 g/mol. The van der Waals surface area contributed by atoms with Gasteiger partial charge in [0.25, 0.3) is 0 Å². The minimum absolute atomic E-state index is 0.171. The van der Waals surface area contributed by atoms with E-state index in [1.54, 1.807) is 11.9 Å². The van der Waals surface area contributed by atoms with E-state index in [2.05, 4.69) is 52.2 Å². The van der Waals surface area contributed by atoms with Crippen LogP contribution < -0.4 is 15.1 Å². The Morgan fingerprint density at radius 3 is 2.79 bits per heavy atom. The molecule has 2 atom stereocenters. The van der Waals surface area contributed by atoms with E-state index in [1.165, 1.54) is 10.5 Å². The molecule has 1 unspecified atom stereocenters. The third-order valence-corrected chi connectivity index (χ3v) is 8.39. The van der Waals surface area contributed by atoms with Crippen LogP contribution in [0, 0.1) is 11.3 Å². The van der Waals surface area contributed by atoms with Crippen molar-refractivity contribution in [3.8, 4) is 0 Å². The van der Waals surface area contributed by atoms with E-state index in [-0.39, 0.29) is 11.4 Å². The van der Waals surface area contributed by atoms with Crippen LogP contribution in [0.5, 0.6) is 0 Å². The minimum atomic E-state index is -0.178. The van der Waals surface area contributed by atoms with E-state index in [1.807, 2.05) is 24.4 Å². The molecule has 8 nitrogen and oxygen atoms in total. The Hall–Kier alpha value is -2.81. The van der Waals surface area contributed by atoms with Crippen LogP contribution in [0.1, 0.15) is 32.8 Å². The standard InChI is InChI=1S/C24H31N7OS/c1-15-14-30(11-9-21(33)24(15,2)3)20-7-10-25-22-17(20)8-12-31(22)23(32)26-16-5-6-18-19(13-16)28-29(4)27-18/h5-7,10,13,15,21,33H,8-9,11-12,14H2,1-4H3,(H,26,32)/t15-,21?/m0/s1. The van der Waals surface area contributed by atoms with Gasteiger partial charge in [-0.3, -0.25) is 4.90 Å². The molecule has 1 fully saturated rings. The van der Waals surface area contributed by atoms with E-state index >= 15 is 0 Å². The van der Waals surface area contributed by atoms with E-state index in [0.717, 1.165) is 48.3 Å². The van der Waals surface area contributed by atoms with Crippen LogP contribution in [0.15, 0.2) is 30.5 Å². The predicted octanol–water partition coefficient (Wildman–Crippen LogP) is 4.13. The molecule has 2 amide bonds. The molecule has 0 saturated carbocycles. The first-order valence-corrected chi connectivity index (χ1v) is 12.1. The molecule has 5 rings (SSSR count). The summed E-state index contributed by atoms with van der Waals surface area (Å²) in [6.07, 6.45) is 3.66. The second-order valence-corrected chi connectivity index (χ2v) is 10.5. The molecule has 1 saturated heterocycles. The number of fused-ring (bicyclic) bond motifs is 2. The molecule has 0 aliphatic carbocycles. The lowest BCUT2D eigenvalue weighted by Crippen LogP contribution is -2.35. The van der Waals surface area contributed by atoms with Crippen molar-refractivity contribution in [1.29, 1.82) is 0 Å². The molecule has 4 heterocycles. The maximum absolute atomic E-state index is 13.2. The van der Waals surface area contributed by atoms with Crippen LogP contribution in [0.3, 0.4) is 0 Å². The molecule has 1 N–H and O–H groups in total. The number of carbonyl (C=O) groups excluding carboxylic acids is 1. The van der Waals surface area contributed by atoms with Crippen molar-refractivity contribution in [2.24, 2.45) is 18.4 Å². The van der Waals surface area contributed by atoms with Crippen molar-refractivity contribution in [3.05, 3.63) is 36.0 Å². The molecule has 0 radical (unpaired) electrons. The van der Waals surface area contributed by atoms with Gasteiger partial charge in [0, 0.05) is 55.1 Å². The summed E-state index contributed by atoms with van der Waals surface area (Å²) in [4.78, 5) is 23.5. The Labute approximate surface area is 199 Å². The van der Waals surface area contributed by atoms with Crippen LogP contribution in [-0.2, 0) is 13.5 Å². The van der Waals surface area contributed by atoms with Crippen LogP contribution in [-0.4, -0.2) is 50.9 Å². The van der Waals surface area contributed by atoms with Crippen LogP contribution in [0.4, 0.5) is 22.0 Å². The number of nitrogens with zero attached hydrogens (tertiary/aromatic N) is 6. The van der Waals surface area contributed by atoms with Crippen molar-refractivity contribution >= 4 is 46.9 Å². The predicted molar refractivity (Wildman–Crippen MR) is 135 cm³/mol. The first-order valence-electron chi connectivity index (χ1n) is 11.5. The Bertz CT molecular complexity index is 1210. The lowest BCUT2D eigenvalue weighted by molar-refractivity contribution is 0.240. The molecular formula is C24H31N7OS. The second kappa shape index (κ2) is 8.20. The van der Waals surface area contributed by atoms with Crippen molar-refractivity contribution in [2.75, 3.05) is 34.8 Å². The highest BCUT2D eigenvalue weighted by Crippen LogP contribution is 2.41. The maximum atomic E-state index is 13.2. The molecule has 2 aliphatic rings. The number of thiol groups is 1. The quantitative estimate of drug-likeness (QED) is 0.557. The Morgan fingerprint density at radius 1 is 1.18 bits per heavy atom. The number of carbonyl (C=O) groups is 1. The first-order chi connectivity index (χ1) is 15.7. The summed E-state index contributed by atoms with van der Waals surface area (Å²) in [6.45, 7) is 9.51. The third kappa shape index (κ3) is 3.92. The van der Waals surface area contributed by atoms with Gasteiger partial charge in [-0.15, -0.1) is 0 Å². The summed E-state index contributed by atoms with van der Waals surface area (Å²) in [5.41, 5.74) is 4.76. The van der Waals surface area contributed by atoms with Gasteiger partial charge in [-0.25, -0.2) is 9.78 Å². The molecule has 0 spiro atoms. The van der Waals surface area contributed by atoms with Gasteiger partial charge in [-0.1, -0.05) is 20.8 Å². The van der Waals surface area contributed by atoms with Crippen molar-refractivity contribution in [2.45, 2.75) is 38.9 Å². The van der Waals surface area contributed by atoms with Gasteiger partial charge in [-0.2, -0.15) is 27.6 Å². The van der Waals surface area contributed by atoms with Crippen LogP contribution in [0.2, 0.25) is 0 Å². The average Bonchev–Trinajstić information content (AvgIpc) is 3.35. The maximum Gasteiger partial charge on any atom is 0.327 e. The second-order valence-electron chi connectivity index (χ2n) is 9.83. The highest BCUT2D eigenvalue weighted by atomic mass is 32.1. The van der Waals surface area contributed by atoms with Gasteiger partial charge in [-0.05, 0) is 48.4 Å². The summed E-state index contributed by atoms with van der Waals surface area (Å²) in [5, 5.41) is 12.0. The third-order valence-electron chi connectivity index (χ3n) is 7.46. The number of aromatic nitrogens is 4. The number of hydrogen-bond acceptors (Lipinski definition) is 6. The summed E-state index contributed by atoms with van der Waals surface area (Å²) in [5.74, 6) is 1.26. The minimum Gasteiger partial charge on any atom is -0.371 e. The molecule has 9 heteroatoms. The number of benzene rings is 1. The molecule has 2 aliphatic heterocycles. The fourth-order valence-corrected chi connectivity index (χ4v) is 5.28. The fourth-order valence-electron chi connectivity index (χ4n) is 4.91. The summed E-state index contributed by atoms with van der Waals surface area (Å²) < 4.78 is 0. The molecule has 2 aromatic heterocycles. The molecule has 33 heavy (non-hydrogen) atoms. The number of anilines is 3. The summed E-state index contributed by atoms with van der Waals surface area (Å²) in [6, 6.07) is 7.48. The lowest BCUT2D eigenvalue weighted by atomic mass is 9.77. The number of hydrogen-bond donors (Lipinski definition) is 2. The van der Waals surface area contributed by atoms with Crippen LogP contribution >= 0.6 is 12.6 Å². The zero-order valence-corrected chi connectivity index (χ0v) is 20.5. The van der Waals surface area contributed by atoms with Crippen LogP contribution in [0.25, 0.3) is 11.0 Å². The van der Waals surface area contributed by atoms with Gasteiger partial charge >= 0.3 is 6.03 Å². The summed E-state index contributed by atoms with van der Waals surface area (Å²) >= 11 is 4.91. The molecule has 1 aromatic carbocycles. The van der Waals surface area contributed by atoms with E-state index in [9.17, 15) is 4.79 Å². The highest BCUT2D eigenvalue weighted by molar-refractivity contribution is 7.81. The monoisotopic (exact) mass is 465 g/mol. The summed E-state index contributed by atoms with van der Waals surface area (Å²) in [7, 11) is 1.78. The number of amides is 2.